The van der Waals surface area contributed by atoms with E-state index in [0.717, 1.165) is 0 Å². The lowest BCUT2D eigenvalue weighted by atomic mass is 10.3. The predicted molar refractivity (Wildman–Crippen MR) is 83.8 cm³/mol. The first kappa shape index (κ1) is 16.0. The Morgan fingerprint density at radius 1 is 1.23 bits per heavy atom. The van der Waals surface area contributed by atoms with Gasteiger partial charge in [-0.3, -0.25) is 9.78 Å². The van der Waals surface area contributed by atoms with E-state index in [1.165, 1.54) is 6.20 Å². The third kappa shape index (κ3) is 4.56. The Morgan fingerprint density at radius 3 is 2.59 bits per heavy atom. The number of nitrogens with zero attached hydrogens (tertiary/aromatic N) is 1. The van der Waals surface area contributed by atoms with Gasteiger partial charge in [-0.25, -0.2) is 4.79 Å². The van der Waals surface area contributed by atoms with Gasteiger partial charge in [0.05, 0.1) is 12.7 Å². The van der Waals surface area contributed by atoms with Crippen LogP contribution in [0.5, 0.6) is 5.75 Å². The number of benzene rings is 1. The molecule has 1 aromatic carbocycles. The number of pyridine rings is 1. The van der Waals surface area contributed by atoms with Crippen LogP contribution in [0.15, 0.2) is 47.2 Å². The molecule has 0 aliphatic heterocycles. The quantitative estimate of drug-likeness (QED) is 0.825. The monoisotopic (exact) mass is 364 g/mol. The molecule has 6 nitrogen and oxygen atoms in total. The Balaban J connectivity index is 1.85. The number of rotatable bonds is 5. The van der Waals surface area contributed by atoms with Crippen molar-refractivity contribution in [2.75, 3.05) is 19.0 Å². The molecule has 0 saturated heterocycles. The average Bonchev–Trinajstić information content (AvgIpc) is 2.53. The lowest BCUT2D eigenvalue weighted by molar-refractivity contribution is -0.119. The molecule has 0 atom stereocenters. The van der Waals surface area contributed by atoms with Crippen molar-refractivity contribution in [3.8, 4) is 5.75 Å². The summed E-state index contributed by atoms with van der Waals surface area (Å²) in [6.07, 6.45) is 2.92. The van der Waals surface area contributed by atoms with Crippen LogP contribution in [0, 0.1) is 0 Å². The molecule has 0 spiro atoms. The van der Waals surface area contributed by atoms with Gasteiger partial charge in [-0.1, -0.05) is 0 Å². The van der Waals surface area contributed by atoms with Crippen molar-refractivity contribution in [3.05, 3.63) is 52.8 Å². The molecule has 0 fully saturated rings. The summed E-state index contributed by atoms with van der Waals surface area (Å²) in [7, 11) is 1.56. The number of carbonyl (C=O) groups is 2. The maximum Gasteiger partial charge on any atom is 0.340 e. The number of hydrogen-bond acceptors (Lipinski definition) is 5. The molecule has 7 heteroatoms. The van der Waals surface area contributed by atoms with Crippen LogP contribution in [-0.2, 0) is 9.53 Å². The van der Waals surface area contributed by atoms with Crippen LogP contribution in [0.4, 0.5) is 5.69 Å². The molecule has 1 N–H and O–H groups in total. The molecule has 1 amide bonds. The number of halogens is 1. The minimum Gasteiger partial charge on any atom is -0.497 e. The number of amides is 1. The van der Waals surface area contributed by atoms with Gasteiger partial charge in [-0.2, -0.15) is 0 Å². The van der Waals surface area contributed by atoms with Gasteiger partial charge in [0.15, 0.2) is 6.61 Å². The Hall–Kier alpha value is -2.41. The summed E-state index contributed by atoms with van der Waals surface area (Å²) in [5.41, 5.74) is 0.859. The van der Waals surface area contributed by atoms with E-state index in [1.54, 1.807) is 43.6 Å². The fraction of sp³-hybridized carbons (Fsp3) is 0.133. The zero-order chi connectivity index (χ0) is 15.9. The van der Waals surface area contributed by atoms with Crippen molar-refractivity contribution in [2.45, 2.75) is 0 Å². The summed E-state index contributed by atoms with van der Waals surface area (Å²) < 4.78 is 10.6. The molecule has 22 heavy (non-hydrogen) atoms. The van der Waals surface area contributed by atoms with Gasteiger partial charge in [0.1, 0.15) is 5.75 Å². The van der Waals surface area contributed by atoms with Crippen molar-refractivity contribution >= 4 is 33.5 Å². The maximum atomic E-state index is 11.8. The zero-order valence-electron chi connectivity index (χ0n) is 11.7. The van der Waals surface area contributed by atoms with Crippen LogP contribution >= 0.6 is 15.9 Å². The molecule has 2 rings (SSSR count). The Morgan fingerprint density at radius 2 is 1.95 bits per heavy atom. The Kier molecular flexibility index (Phi) is 5.48. The van der Waals surface area contributed by atoms with E-state index in [-0.39, 0.29) is 12.2 Å². The second kappa shape index (κ2) is 7.56. The highest BCUT2D eigenvalue weighted by Gasteiger charge is 2.11. The summed E-state index contributed by atoms with van der Waals surface area (Å²) >= 11 is 3.21. The van der Waals surface area contributed by atoms with Gasteiger partial charge >= 0.3 is 5.97 Å². The highest BCUT2D eigenvalue weighted by molar-refractivity contribution is 9.10. The van der Waals surface area contributed by atoms with Crippen molar-refractivity contribution in [2.24, 2.45) is 0 Å². The van der Waals surface area contributed by atoms with Gasteiger partial charge in [-0.15, -0.1) is 0 Å². The summed E-state index contributed by atoms with van der Waals surface area (Å²) in [5, 5.41) is 2.61. The topological polar surface area (TPSA) is 77.5 Å². The number of carbonyl (C=O) groups excluding carboxylic acids is 2. The normalized spacial score (nSPS) is 9.91. The SMILES string of the molecule is COc1ccc(NC(=O)COC(=O)c2cncc(Br)c2)cc1. The Labute approximate surface area is 135 Å². The second-order valence-corrected chi connectivity index (χ2v) is 5.16. The molecule has 2 aromatic rings. The van der Waals surface area contributed by atoms with Gasteiger partial charge < -0.3 is 14.8 Å². The minimum absolute atomic E-state index is 0.270. The third-order valence-corrected chi connectivity index (χ3v) is 3.08. The van der Waals surface area contributed by atoms with E-state index >= 15 is 0 Å². The maximum absolute atomic E-state index is 11.8. The molecular formula is C15H13BrN2O4. The fourth-order valence-electron chi connectivity index (χ4n) is 1.61. The standard InChI is InChI=1S/C15H13BrN2O4/c1-21-13-4-2-12(3-5-13)18-14(19)9-22-15(20)10-6-11(16)8-17-7-10/h2-8H,9H2,1H3,(H,18,19). The van der Waals surface area contributed by atoms with E-state index in [9.17, 15) is 9.59 Å². The molecule has 1 aromatic heterocycles. The molecule has 114 valence electrons. The number of aromatic nitrogens is 1. The smallest absolute Gasteiger partial charge is 0.340 e. The van der Waals surface area contributed by atoms with E-state index < -0.39 is 11.9 Å². The summed E-state index contributed by atoms with van der Waals surface area (Å²) in [6.45, 7) is -0.378. The van der Waals surface area contributed by atoms with E-state index in [0.29, 0.717) is 15.9 Å². The molecule has 0 saturated carbocycles. The Bertz CT molecular complexity index is 673. The van der Waals surface area contributed by atoms with Gasteiger partial charge in [0.25, 0.3) is 5.91 Å². The van der Waals surface area contributed by atoms with Crippen molar-refractivity contribution in [1.82, 2.24) is 4.98 Å². The van der Waals surface area contributed by atoms with Gasteiger partial charge in [0.2, 0.25) is 0 Å². The fourth-order valence-corrected chi connectivity index (χ4v) is 1.97. The van der Waals surface area contributed by atoms with Crippen molar-refractivity contribution in [3.63, 3.8) is 0 Å². The van der Waals surface area contributed by atoms with Crippen LogP contribution in [0.25, 0.3) is 0 Å². The molecule has 0 aliphatic carbocycles. The third-order valence-electron chi connectivity index (χ3n) is 2.65. The number of methoxy groups -OCH3 is 1. The highest BCUT2D eigenvalue weighted by atomic mass is 79.9. The largest absolute Gasteiger partial charge is 0.497 e. The van der Waals surface area contributed by atoms with Crippen molar-refractivity contribution < 1.29 is 19.1 Å². The molecular weight excluding hydrogens is 352 g/mol. The highest BCUT2D eigenvalue weighted by Crippen LogP contribution is 2.15. The number of anilines is 1. The lowest BCUT2D eigenvalue weighted by Gasteiger charge is -2.07. The number of esters is 1. The van der Waals surface area contributed by atoms with Gasteiger partial charge in [-0.05, 0) is 46.3 Å². The van der Waals surface area contributed by atoms with E-state index in [2.05, 4.69) is 26.2 Å². The molecule has 0 unspecified atom stereocenters. The van der Waals surface area contributed by atoms with Crippen LogP contribution in [0.2, 0.25) is 0 Å². The predicted octanol–water partition coefficient (Wildman–Crippen LogP) is 2.65. The molecule has 0 radical (unpaired) electrons. The summed E-state index contributed by atoms with van der Waals surface area (Å²) in [6, 6.07) is 8.38. The van der Waals surface area contributed by atoms with E-state index in [1.807, 2.05) is 0 Å². The molecule has 0 aliphatic rings. The second-order valence-electron chi connectivity index (χ2n) is 4.24. The summed E-state index contributed by atoms with van der Waals surface area (Å²) in [5.74, 6) is -0.355. The average molecular weight is 365 g/mol. The molecule has 0 bridgehead atoms. The van der Waals surface area contributed by atoms with Crippen LogP contribution in [-0.4, -0.2) is 30.6 Å². The number of ether oxygens (including phenoxy) is 2. The minimum atomic E-state index is -0.612. The number of hydrogen-bond donors (Lipinski definition) is 1. The lowest BCUT2D eigenvalue weighted by Crippen LogP contribution is -2.21. The number of nitrogens with one attached hydrogen (secondary N) is 1. The van der Waals surface area contributed by atoms with Crippen LogP contribution < -0.4 is 10.1 Å². The first-order valence-electron chi connectivity index (χ1n) is 6.30. The van der Waals surface area contributed by atoms with Crippen molar-refractivity contribution in [1.29, 1.82) is 0 Å². The van der Waals surface area contributed by atoms with Crippen LogP contribution in [0.3, 0.4) is 0 Å². The summed E-state index contributed by atoms with van der Waals surface area (Å²) in [4.78, 5) is 27.3. The first-order chi connectivity index (χ1) is 10.6. The zero-order valence-corrected chi connectivity index (χ0v) is 13.3. The molecule has 1 heterocycles. The van der Waals surface area contributed by atoms with E-state index in [4.69, 9.17) is 9.47 Å². The van der Waals surface area contributed by atoms with Gasteiger partial charge in [0, 0.05) is 22.6 Å². The van der Waals surface area contributed by atoms with Crippen LogP contribution in [0.1, 0.15) is 10.4 Å². The first-order valence-corrected chi connectivity index (χ1v) is 7.09.